The summed E-state index contributed by atoms with van der Waals surface area (Å²) in [6, 6.07) is 8.58. The lowest BCUT2D eigenvalue weighted by molar-refractivity contribution is 0.691. The summed E-state index contributed by atoms with van der Waals surface area (Å²) in [6.07, 6.45) is 0. The van der Waals surface area contributed by atoms with Crippen LogP contribution >= 0.6 is 11.8 Å². The normalized spacial score (nSPS) is 10.4. The molecule has 0 unspecified atom stereocenters. The minimum Gasteiger partial charge on any atom is -0.260 e. The van der Waals surface area contributed by atoms with Gasteiger partial charge in [0.15, 0.2) is 0 Å². The molecule has 0 aliphatic heterocycles. The number of benzene rings is 1. The summed E-state index contributed by atoms with van der Waals surface area (Å²) >= 11 is 1.60. The van der Waals surface area contributed by atoms with E-state index in [2.05, 4.69) is 43.2 Å². The molecule has 1 heterocycles. The molecule has 18 heavy (non-hydrogen) atoms. The summed E-state index contributed by atoms with van der Waals surface area (Å²) in [5.41, 5.74) is 3.89. The number of nitrogens with zero attached hydrogens (tertiary/aromatic N) is 3. The smallest absolute Gasteiger partial charge is 0.117 e. The zero-order valence-corrected chi connectivity index (χ0v) is 11.8. The van der Waals surface area contributed by atoms with Gasteiger partial charge < -0.3 is 0 Å². The molecule has 0 saturated carbocycles. The molecule has 92 valence electrons. The Morgan fingerprint density at radius 3 is 2.67 bits per heavy atom. The number of hydrogen-bond donors (Lipinski definition) is 0. The first-order valence-corrected chi connectivity index (χ1v) is 6.53. The van der Waals surface area contributed by atoms with E-state index >= 15 is 0 Å². The van der Waals surface area contributed by atoms with Crippen molar-refractivity contribution < 1.29 is 0 Å². The quantitative estimate of drug-likeness (QED) is 0.828. The van der Waals surface area contributed by atoms with Crippen LogP contribution in [-0.4, -0.2) is 9.78 Å². The van der Waals surface area contributed by atoms with Crippen LogP contribution < -0.4 is 0 Å². The predicted octanol–water partition coefficient (Wildman–Crippen LogP) is 3.37. The van der Waals surface area contributed by atoms with Crippen LogP contribution in [0.2, 0.25) is 0 Å². The third-order valence-corrected chi connectivity index (χ3v) is 4.15. The minimum absolute atomic E-state index is 0.670. The summed E-state index contributed by atoms with van der Waals surface area (Å²) in [4.78, 5) is 1.18. The van der Waals surface area contributed by atoms with Crippen LogP contribution in [0, 0.1) is 32.1 Å². The van der Waals surface area contributed by atoms with Gasteiger partial charge in [-0.2, -0.15) is 10.4 Å². The summed E-state index contributed by atoms with van der Waals surface area (Å²) in [6.45, 7) is 6.02. The number of aromatic nitrogens is 2. The minimum atomic E-state index is 0.670. The van der Waals surface area contributed by atoms with E-state index in [1.807, 2.05) is 14.0 Å². The van der Waals surface area contributed by atoms with Crippen molar-refractivity contribution in [2.45, 2.75) is 30.7 Å². The van der Waals surface area contributed by atoms with Crippen molar-refractivity contribution in [2.24, 2.45) is 7.05 Å². The Morgan fingerprint density at radius 1 is 1.28 bits per heavy atom. The van der Waals surface area contributed by atoms with Crippen LogP contribution in [0.3, 0.4) is 0 Å². The largest absolute Gasteiger partial charge is 0.260 e. The van der Waals surface area contributed by atoms with E-state index in [-0.39, 0.29) is 0 Å². The molecule has 0 saturated heterocycles. The fourth-order valence-corrected chi connectivity index (χ4v) is 2.95. The van der Waals surface area contributed by atoms with Crippen molar-refractivity contribution in [3.05, 3.63) is 40.6 Å². The van der Waals surface area contributed by atoms with Gasteiger partial charge in [0, 0.05) is 11.9 Å². The molecule has 0 bridgehead atoms. The number of hydrogen-bond acceptors (Lipinski definition) is 3. The highest BCUT2D eigenvalue weighted by atomic mass is 32.2. The molecule has 0 aliphatic carbocycles. The van der Waals surface area contributed by atoms with Crippen LogP contribution in [0.4, 0.5) is 0 Å². The van der Waals surface area contributed by atoms with Crippen molar-refractivity contribution in [3.63, 3.8) is 0 Å². The fraction of sp³-hybridized carbons (Fsp3) is 0.286. The molecule has 2 rings (SSSR count). The lowest BCUT2D eigenvalue weighted by Gasteiger charge is -2.07. The highest BCUT2D eigenvalue weighted by molar-refractivity contribution is 7.99. The monoisotopic (exact) mass is 257 g/mol. The van der Waals surface area contributed by atoms with Gasteiger partial charge in [0.2, 0.25) is 0 Å². The van der Waals surface area contributed by atoms with Gasteiger partial charge in [0.25, 0.3) is 0 Å². The summed E-state index contributed by atoms with van der Waals surface area (Å²) in [5, 5.41) is 14.4. The van der Waals surface area contributed by atoms with E-state index in [1.54, 1.807) is 16.4 Å². The Hall–Kier alpha value is -1.73. The van der Waals surface area contributed by atoms with E-state index < -0.39 is 0 Å². The molecule has 0 radical (unpaired) electrons. The first kappa shape index (κ1) is 12.7. The first-order chi connectivity index (χ1) is 8.52. The third-order valence-electron chi connectivity index (χ3n) is 2.83. The Labute approximate surface area is 111 Å². The van der Waals surface area contributed by atoms with Gasteiger partial charge in [-0.05, 0) is 38.0 Å². The fourth-order valence-electron chi connectivity index (χ4n) is 1.80. The predicted molar refractivity (Wildman–Crippen MR) is 72.7 cm³/mol. The topological polar surface area (TPSA) is 41.6 Å². The Balaban J connectivity index is 2.46. The highest BCUT2D eigenvalue weighted by Crippen LogP contribution is 2.33. The van der Waals surface area contributed by atoms with E-state index in [1.165, 1.54) is 16.0 Å². The van der Waals surface area contributed by atoms with Gasteiger partial charge in [0.1, 0.15) is 16.7 Å². The van der Waals surface area contributed by atoms with Crippen molar-refractivity contribution in [3.8, 4) is 6.07 Å². The standard InChI is InChI=1S/C14H15N3S/c1-9-5-6-10(2)13(7-9)18-14-12(8-15)11(3)16-17(14)4/h5-7H,1-4H3. The summed E-state index contributed by atoms with van der Waals surface area (Å²) in [7, 11) is 1.88. The zero-order valence-electron chi connectivity index (χ0n) is 11.0. The average molecular weight is 257 g/mol. The lowest BCUT2D eigenvalue weighted by atomic mass is 10.2. The van der Waals surface area contributed by atoms with Crippen LogP contribution in [0.15, 0.2) is 28.1 Å². The third kappa shape index (κ3) is 2.27. The molecule has 0 aliphatic rings. The first-order valence-electron chi connectivity index (χ1n) is 5.71. The van der Waals surface area contributed by atoms with E-state index in [0.717, 1.165) is 10.7 Å². The molecule has 1 aromatic heterocycles. The maximum absolute atomic E-state index is 9.20. The maximum Gasteiger partial charge on any atom is 0.117 e. The van der Waals surface area contributed by atoms with Crippen molar-refractivity contribution >= 4 is 11.8 Å². The van der Waals surface area contributed by atoms with E-state index in [4.69, 9.17) is 0 Å². The van der Waals surface area contributed by atoms with Crippen molar-refractivity contribution in [1.82, 2.24) is 9.78 Å². The Morgan fingerprint density at radius 2 is 2.00 bits per heavy atom. The highest BCUT2D eigenvalue weighted by Gasteiger charge is 2.15. The number of aryl methyl sites for hydroxylation is 4. The molecule has 1 aromatic carbocycles. The lowest BCUT2D eigenvalue weighted by Crippen LogP contribution is -1.93. The van der Waals surface area contributed by atoms with E-state index in [9.17, 15) is 5.26 Å². The Bertz CT molecular complexity index is 635. The second kappa shape index (κ2) is 4.87. The molecular formula is C14H15N3S. The van der Waals surface area contributed by atoms with Gasteiger partial charge in [-0.25, -0.2) is 0 Å². The van der Waals surface area contributed by atoms with Crippen molar-refractivity contribution in [2.75, 3.05) is 0 Å². The van der Waals surface area contributed by atoms with Crippen LogP contribution in [0.25, 0.3) is 0 Å². The molecule has 0 amide bonds. The molecule has 0 spiro atoms. The van der Waals surface area contributed by atoms with E-state index in [0.29, 0.717) is 5.56 Å². The van der Waals surface area contributed by atoms with Crippen LogP contribution in [0.1, 0.15) is 22.4 Å². The Kier molecular flexibility index (Phi) is 3.44. The molecule has 3 nitrogen and oxygen atoms in total. The molecule has 4 heteroatoms. The second-order valence-corrected chi connectivity index (χ2v) is 5.40. The zero-order chi connectivity index (χ0) is 13.3. The van der Waals surface area contributed by atoms with Crippen molar-refractivity contribution in [1.29, 1.82) is 5.26 Å². The van der Waals surface area contributed by atoms with Gasteiger partial charge in [-0.15, -0.1) is 0 Å². The molecule has 0 fully saturated rings. The second-order valence-electron chi connectivity index (χ2n) is 4.37. The average Bonchev–Trinajstić information content (AvgIpc) is 2.58. The molecular weight excluding hydrogens is 242 g/mol. The molecule has 0 atom stereocenters. The summed E-state index contributed by atoms with van der Waals surface area (Å²) < 4.78 is 1.78. The van der Waals surface area contributed by atoms with Crippen LogP contribution in [-0.2, 0) is 7.05 Å². The van der Waals surface area contributed by atoms with Gasteiger partial charge in [-0.3, -0.25) is 4.68 Å². The molecule has 0 N–H and O–H groups in total. The number of nitriles is 1. The SMILES string of the molecule is Cc1ccc(C)c(Sc2c(C#N)c(C)nn2C)c1. The van der Waals surface area contributed by atoms with Gasteiger partial charge in [-0.1, -0.05) is 23.9 Å². The maximum atomic E-state index is 9.20. The van der Waals surface area contributed by atoms with Crippen LogP contribution in [0.5, 0.6) is 0 Å². The number of rotatable bonds is 2. The molecule has 2 aromatic rings. The van der Waals surface area contributed by atoms with Gasteiger partial charge >= 0.3 is 0 Å². The van der Waals surface area contributed by atoms with Gasteiger partial charge in [0.05, 0.1) is 5.69 Å². The summed E-state index contributed by atoms with van der Waals surface area (Å²) in [5.74, 6) is 0.